The van der Waals surface area contributed by atoms with Crippen molar-refractivity contribution < 1.29 is 4.74 Å². The minimum Gasteiger partial charge on any atom is -0.474 e. The van der Waals surface area contributed by atoms with Gasteiger partial charge in [0.05, 0.1) is 0 Å². The molecule has 1 aromatic carbocycles. The van der Waals surface area contributed by atoms with Crippen LogP contribution in [0.2, 0.25) is 5.02 Å². The third kappa shape index (κ3) is 2.74. The van der Waals surface area contributed by atoms with Crippen LogP contribution in [0.3, 0.4) is 0 Å². The molecule has 2 rings (SSSR count). The summed E-state index contributed by atoms with van der Waals surface area (Å²) in [5, 5.41) is 4.01. The van der Waals surface area contributed by atoms with Crippen LogP contribution in [0.4, 0.5) is 0 Å². The Morgan fingerprint density at radius 1 is 1.50 bits per heavy atom. The van der Waals surface area contributed by atoms with Crippen molar-refractivity contribution in [1.82, 2.24) is 5.32 Å². The SMILES string of the molecule is CC(C)NC1COC(c2cccc(Cl)c2)=N1. The zero-order chi connectivity index (χ0) is 11.5. The zero-order valence-corrected chi connectivity index (χ0v) is 10.2. The molecule has 4 heteroatoms. The third-order valence-corrected chi connectivity index (χ3v) is 2.48. The van der Waals surface area contributed by atoms with Gasteiger partial charge in [-0.3, -0.25) is 5.32 Å². The van der Waals surface area contributed by atoms with Gasteiger partial charge in [-0.25, -0.2) is 4.99 Å². The van der Waals surface area contributed by atoms with Gasteiger partial charge in [-0.2, -0.15) is 0 Å². The van der Waals surface area contributed by atoms with Gasteiger partial charge in [0.15, 0.2) is 0 Å². The van der Waals surface area contributed by atoms with Crippen LogP contribution in [0.5, 0.6) is 0 Å². The molecule has 1 heterocycles. The first-order valence-electron chi connectivity index (χ1n) is 5.38. The lowest BCUT2D eigenvalue weighted by Gasteiger charge is -2.10. The molecule has 0 radical (unpaired) electrons. The molecule has 1 atom stereocenters. The molecule has 86 valence electrons. The van der Waals surface area contributed by atoms with Gasteiger partial charge in [0, 0.05) is 16.6 Å². The molecular formula is C12H15ClN2O. The molecule has 1 unspecified atom stereocenters. The fourth-order valence-corrected chi connectivity index (χ4v) is 1.81. The van der Waals surface area contributed by atoms with E-state index in [9.17, 15) is 0 Å². The summed E-state index contributed by atoms with van der Waals surface area (Å²) in [6.07, 6.45) is 0.0500. The van der Waals surface area contributed by atoms with Crippen molar-refractivity contribution in [2.75, 3.05) is 6.61 Å². The molecule has 0 fully saturated rings. The van der Waals surface area contributed by atoms with Gasteiger partial charge < -0.3 is 4.74 Å². The highest BCUT2D eigenvalue weighted by molar-refractivity contribution is 6.30. The van der Waals surface area contributed by atoms with Gasteiger partial charge in [0.25, 0.3) is 0 Å². The van der Waals surface area contributed by atoms with E-state index in [1.54, 1.807) is 0 Å². The van der Waals surface area contributed by atoms with Crippen LogP contribution < -0.4 is 5.32 Å². The first-order chi connectivity index (χ1) is 7.65. The van der Waals surface area contributed by atoms with Crippen LogP contribution in [0.1, 0.15) is 19.4 Å². The van der Waals surface area contributed by atoms with Gasteiger partial charge in [0.1, 0.15) is 12.8 Å². The zero-order valence-electron chi connectivity index (χ0n) is 9.40. The smallest absolute Gasteiger partial charge is 0.217 e. The van der Waals surface area contributed by atoms with Crippen LogP contribution >= 0.6 is 11.6 Å². The highest BCUT2D eigenvalue weighted by Crippen LogP contribution is 2.15. The maximum Gasteiger partial charge on any atom is 0.217 e. The fraction of sp³-hybridized carbons (Fsp3) is 0.417. The quantitative estimate of drug-likeness (QED) is 0.878. The normalized spacial score (nSPS) is 19.8. The van der Waals surface area contributed by atoms with Gasteiger partial charge >= 0.3 is 0 Å². The summed E-state index contributed by atoms with van der Waals surface area (Å²) in [5.41, 5.74) is 0.931. The Bertz CT molecular complexity index is 404. The minimum atomic E-state index is 0.0500. The van der Waals surface area contributed by atoms with E-state index < -0.39 is 0 Å². The van der Waals surface area contributed by atoms with Crippen LogP contribution in [0.25, 0.3) is 0 Å². The molecule has 0 saturated carbocycles. The van der Waals surface area contributed by atoms with Crippen molar-refractivity contribution in [2.24, 2.45) is 4.99 Å². The monoisotopic (exact) mass is 238 g/mol. The molecule has 0 saturated heterocycles. The first-order valence-corrected chi connectivity index (χ1v) is 5.75. The highest BCUT2D eigenvalue weighted by Gasteiger charge is 2.20. The van der Waals surface area contributed by atoms with Crippen molar-refractivity contribution >= 4 is 17.5 Å². The number of nitrogens with zero attached hydrogens (tertiary/aromatic N) is 1. The van der Waals surface area contributed by atoms with Gasteiger partial charge in [-0.15, -0.1) is 0 Å². The molecule has 0 bridgehead atoms. The van der Waals surface area contributed by atoms with E-state index >= 15 is 0 Å². The number of aliphatic imine (C=N–C) groups is 1. The second-order valence-corrected chi connectivity index (χ2v) is 4.53. The van der Waals surface area contributed by atoms with Crippen LogP contribution in [0.15, 0.2) is 29.3 Å². The first kappa shape index (κ1) is 11.4. The van der Waals surface area contributed by atoms with Gasteiger partial charge in [-0.05, 0) is 32.0 Å². The largest absolute Gasteiger partial charge is 0.474 e. The van der Waals surface area contributed by atoms with E-state index in [4.69, 9.17) is 16.3 Å². The summed E-state index contributed by atoms with van der Waals surface area (Å²) in [4.78, 5) is 4.46. The molecular weight excluding hydrogens is 224 g/mol. The van der Waals surface area contributed by atoms with Crippen molar-refractivity contribution in [1.29, 1.82) is 0 Å². The van der Waals surface area contributed by atoms with Crippen molar-refractivity contribution in [3.8, 4) is 0 Å². The van der Waals surface area contributed by atoms with Crippen LogP contribution in [0, 0.1) is 0 Å². The molecule has 1 N–H and O–H groups in total. The lowest BCUT2D eigenvalue weighted by Crippen LogP contribution is -2.34. The van der Waals surface area contributed by atoms with Gasteiger partial charge in [-0.1, -0.05) is 17.7 Å². The summed E-state index contributed by atoms with van der Waals surface area (Å²) >= 11 is 5.92. The number of nitrogens with one attached hydrogen (secondary N) is 1. The predicted molar refractivity (Wildman–Crippen MR) is 66.0 cm³/mol. The number of rotatable bonds is 3. The van der Waals surface area contributed by atoms with E-state index in [0.717, 1.165) is 5.56 Å². The van der Waals surface area contributed by atoms with E-state index in [1.807, 2.05) is 24.3 Å². The summed E-state index contributed by atoms with van der Waals surface area (Å²) in [5.74, 6) is 0.667. The molecule has 3 nitrogen and oxygen atoms in total. The summed E-state index contributed by atoms with van der Waals surface area (Å²) in [6, 6.07) is 7.94. The van der Waals surface area contributed by atoms with Crippen LogP contribution in [-0.4, -0.2) is 24.7 Å². The average molecular weight is 239 g/mol. The summed E-state index contributed by atoms with van der Waals surface area (Å²) in [6.45, 7) is 4.76. The summed E-state index contributed by atoms with van der Waals surface area (Å²) in [7, 11) is 0. The lowest BCUT2D eigenvalue weighted by molar-refractivity contribution is 0.291. The maximum atomic E-state index is 5.92. The average Bonchev–Trinajstić information content (AvgIpc) is 2.65. The van der Waals surface area contributed by atoms with E-state index in [1.165, 1.54) is 0 Å². The highest BCUT2D eigenvalue weighted by atomic mass is 35.5. The Balaban J connectivity index is 2.11. The summed E-state index contributed by atoms with van der Waals surface area (Å²) < 4.78 is 5.54. The lowest BCUT2D eigenvalue weighted by atomic mass is 10.2. The van der Waals surface area contributed by atoms with E-state index in [-0.39, 0.29) is 6.17 Å². The van der Waals surface area contributed by atoms with Crippen LogP contribution in [-0.2, 0) is 4.74 Å². The predicted octanol–water partition coefficient (Wildman–Crippen LogP) is 2.44. The van der Waals surface area contributed by atoms with Crippen molar-refractivity contribution in [3.05, 3.63) is 34.9 Å². The molecule has 0 aliphatic carbocycles. The molecule has 1 aliphatic rings. The number of benzene rings is 1. The van der Waals surface area contributed by atoms with Gasteiger partial charge in [0.2, 0.25) is 5.90 Å². The Labute approximate surface area is 100 Å². The second-order valence-electron chi connectivity index (χ2n) is 4.09. The minimum absolute atomic E-state index is 0.0500. The molecule has 1 aromatic rings. The van der Waals surface area contributed by atoms with Crippen molar-refractivity contribution in [2.45, 2.75) is 26.1 Å². The maximum absolute atomic E-state index is 5.92. The fourth-order valence-electron chi connectivity index (χ4n) is 1.62. The van der Waals surface area contributed by atoms with E-state index in [2.05, 4.69) is 24.2 Å². The number of hydrogen-bond acceptors (Lipinski definition) is 3. The Morgan fingerprint density at radius 3 is 3.00 bits per heavy atom. The molecule has 16 heavy (non-hydrogen) atoms. The number of halogens is 1. The van der Waals surface area contributed by atoms with E-state index in [0.29, 0.717) is 23.6 Å². The standard InChI is InChI=1S/C12H15ClN2O/c1-8(2)14-11-7-16-12(15-11)9-4-3-5-10(13)6-9/h3-6,8,11,14H,7H2,1-2H3. The molecule has 0 amide bonds. The number of ether oxygens (including phenoxy) is 1. The Hall–Kier alpha value is -1.06. The topological polar surface area (TPSA) is 33.6 Å². The second kappa shape index (κ2) is 4.85. The number of hydrogen-bond donors (Lipinski definition) is 1. The Morgan fingerprint density at radius 2 is 2.31 bits per heavy atom. The van der Waals surface area contributed by atoms with Crippen molar-refractivity contribution in [3.63, 3.8) is 0 Å². The molecule has 0 aromatic heterocycles. The molecule has 0 spiro atoms. The Kier molecular flexibility index (Phi) is 3.46. The third-order valence-electron chi connectivity index (χ3n) is 2.25. The molecule has 1 aliphatic heterocycles.